The lowest BCUT2D eigenvalue weighted by molar-refractivity contribution is -0.284. The van der Waals surface area contributed by atoms with Crippen LogP contribution in [0, 0.1) is 11.7 Å². The van der Waals surface area contributed by atoms with Crippen molar-refractivity contribution in [3.63, 3.8) is 0 Å². The van der Waals surface area contributed by atoms with Gasteiger partial charge in [0, 0.05) is 30.8 Å². The standard InChI is InChI=1S/C26H28ClFN4O4/c1-29-24(34)30-19-6-7-20-16(10-19)8-9-26(20)23-32(25(35-23)36-26)14-22(33)31(12-15-2-3-15)13-17-4-5-18(28)11-21(17)27/h4-7,10-11,15,23,25H,2-3,8-9,12-14H2,1H3,(H2,29,30,34)/t23?,25?,26-/m1/s1. The number of rotatable bonds is 7. The first-order valence-corrected chi connectivity index (χ1v) is 12.7. The van der Waals surface area contributed by atoms with Crippen LogP contribution in [0.1, 0.15) is 36.0 Å². The van der Waals surface area contributed by atoms with Gasteiger partial charge in [0.1, 0.15) is 11.4 Å². The summed E-state index contributed by atoms with van der Waals surface area (Å²) in [6.45, 7) is 1.18. The molecule has 3 heterocycles. The van der Waals surface area contributed by atoms with Gasteiger partial charge in [-0.05, 0) is 72.6 Å². The van der Waals surface area contributed by atoms with Gasteiger partial charge >= 0.3 is 6.03 Å². The lowest BCUT2D eigenvalue weighted by atomic mass is 9.93. The zero-order valence-corrected chi connectivity index (χ0v) is 20.7. The highest BCUT2D eigenvalue weighted by Gasteiger charge is 2.66. The second kappa shape index (κ2) is 8.99. The predicted octanol–water partition coefficient (Wildman–Crippen LogP) is 3.78. The van der Waals surface area contributed by atoms with Crippen molar-refractivity contribution in [2.45, 2.75) is 50.5 Å². The molecule has 5 aliphatic rings. The van der Waals surface area contributed by atoms with E-state index in [1.165, 1.54) is 12.1 Å². The molecule has 1 spiro atoms. The highest BCUT2D eigenvalue weighted by atomic mass is 35.5. The lowest BCUT2D eigenvalue weighted by Crippen LogP contribution is -2.58. The van der Waals surface area contributed by atoms with Crippen molar-refractivity contribution in [3.05, 3.63) is 63.9 Å². The molecule has 3 saturated heterocycles. The highest BCUT2D eigenvalue weighted by molar-refractivity contribution is 6.31. The molecule has 0 aromatic heterocycles. The normalized spacial score (nSPS) is 26.0. The zero-order valence-electron chi connectivity index (χ0n) is 19.9. The van der Waals surface area contributed by atoms with E-state index < -0.39 is 17.8 Å². The summed E-state index contributed by atoms with van der Waals surface area (Å²) in [5, 5.41) is 5.68. The van der Waals surface area contributed by atoms with E-state index in [4.69, 9.17) is 21.1 Å². The third kappa shape index (κ3) is 4.14. The average molecular weight is 515 g/mol. The van der Waals surface area contributed by atoms with Crippen LogP contribution < -0.4 is 10.6 Å². The van der Waals surface area contributed by atoms with Crippen LogP contribution in [0.4, 0.5) is 14.9 Å². The Labute approximate surface area is 213 Å². The van der Waals surface area contributed by atoms with Crippen molar-refractivity contribution in [2.75, 3.05) is 25.5 Å². The van der Waals surface area contributed by atoms with E-state index in [9.17, 15) is 14.0 Å². The Bertz CT molecular complexity index is 1220. The van der Waals surface area contributed by atoms with Gasteiger partial charge in [0.25, 0.3) is 0 Å². The predicted molar refractivity (Wildman–Crippen MR) is 131 cm³/mol. The van der Waals surface area contributed by atoms with Gasteiger partial charge in [0.05, 0.1) is 6.54 Å². The number of urea groups is 1. The Kier molecular flexibility index (Phi) is 5.91. The molecule has 4 fully saturated rings. The number of hydrogen-bond acceptors (Lipinski definition) is 5. The van der Waals surface area contributed by atoms with Crippen molar-refractivity contribution in [2.24, 2.45) is 5.92 Å². The van der Waals surface area contributed by atoms with Crippen molar-refractivity contribution >= 4 is 29.2 Å². The molecular formula is C26H28ClFN4O4. The van der Waals surface area contributed by atoms with Crippen molar-refractivity contribution in [1.29, 1.82) is 0 Å². The fourth-order valence-electron chi connectivity index (χ4n) is 5.48. The Morgan fingerprint density at radius 3 is 2.83 bits per heavy atom. The van der Waals surface area contributed by atoms with E-state index in [-0.39, 0.29) is 24.7 Å². The summed E-state index contributed by atoms with van der Waals surface area (Å²) in [5.41, 5.74) is 2.98. The van der Waals surface area contributed by atoms with Crippen LogP contribution in [0.3, 0.4) is 0 Å². The fourth-order valence-corrected chi connectivity index (χ4v) is 5.71. The van der Waals surface area contributed by atoms with Crippen LogP contribution in [0.15, 0.2) is 36.4 Å². The molecule has 7 rings (SSSR count). The van der Waals surface area contributed by atoms with Gasteiger partial charge in [0.15, 0.2) is 6.23 Å². The van der Waals surface area contributed by atoms with Crippen LogP contribution in [0.2, 0.25) is 5.02 Å². The first-order valence-electron chi connectivity index (χ1n) is 12.3. The number of aryl methyl sites for hydroxylation is 1. The van der Waals surface area contributed by atoms with E-state index in [2.05, 4.69) is 10.6 Å². The number of ether oxygens (including phenoxy) is 2. The number of anilines is 1. The van der Waals surface area contributed by atoms with E-state index in [1.54, 1.807) is 13.1 Å². The second-order valence-electron chi connectivity index (χ2n) is 10.0. The van der Waals surface area contributed by atoms with Crippen molar-refractivity contribution in [3.8, 4) is 0 Å². The first-order chi connectivity index (χ1) is 17.4. The second-order valence-corrected chi connectivity index (χ2v) is 10.4. The largest absolute Gasteiger partial charge is 0.341 e. The lowest BCUT2D eigenvalue weighted by Gasteiger charge is -2.40. The molecule has 3 atom stereocenters. The molecule has 3 amide bonds. The van der Waals surface area contributed by atoms with Gasteiger partial charge in [-0.25, -0.2) is 14.1 Å². The van der Waals surface area contributed by atoms with Crippen molar-refractivity contribution in [1.82, 2.24) is 15.1 Å². The summed E-state index contributed by atoms with van der Waals surface area (Å²) >= 11 is 6.25. The molecule has 190 valence electrons. The number of fused-ring (bicyclic) bond motifs is 1. The monoisotopic (exact) mass is 514 g/mol. The number of benzene rings is 2. The molecule has 2 unspecified atom stereocenters. The maximum atomic E-state index is 13.5. The Morgan fingerprint density at radius 1 is 1.25 bits per heavy atom. The van der Waals surface area contributed by atoms with Gasteiger partial charge < -0.3 is 25.0 Å². The third-order valence-electron chi connectivity index (χ3n) is 7.56. The molecule has 2 bridgehead atoms. The minimum atomic E-state index is -0.618. The number of hydrogen-bond donors (Lipinski definition) is 2. The minimum Gasteiger partial charge on any atom is -0.341 e. The topological polar surface area (TPSA) is 83.1 Å². The summed E-state index contributed by atoms with van der Waals surface area (Å²) in [6, 6.07) is 9.83. The summed E-state index contributed by atoms with van der Waals surface area (Å²) in [5.74, 6) is 0.0815. The smallest absolute Gasteiger partial charge is 0.318 e. The van der Waals surface area contributed by atoms with Crippen LogP contribution in [-0.4, -0.2) is 54.5 Å². The van der Waals surface area contributed by atoms with Gasteiger partial charge in [-0.3, -0.25) is 4.79 Å². The number of nitrogens with zero attached hydrogens (tertiary/aromatic N) is 2. The van der Waals surface area contributed by atoms with E-state index in [1.807, 2.05) is 28.0 Å². The SMILES string of the molecule is CNC(=O)Nc1ccc2c(c1)CC[C@@]21OC2OC1N2CC(=O)N(Cc1ccc(F)cc1Cl)CC1CC1. The van der Waals surface area contributed by atoms with E-state index >= 15 is 0 Å². The number of carbonyl (C=O) groups is 2. The third-order valence-corrected chi connectivity index (χ3v) is 7.91. The van der Waals surface area contributed by atoms with Gasteiger partial charge in [-0.15, -0.1) is 0 Å². The molecule has 2 N–H and O–H groups in total. The number of halogens is 2. The summed E-state index contributed by atoms with van der Waals surface area (Å²) in [7, 11) is 1.57. The maximum Gasteiger partial charge on any atom is 0.318 e. The number of carbonyl (C=O) groups excluding carboxylic acids is 2. The summed E-state index contributed by atoms with van der Waals surface area (Å²) < 4.78 is 25.9. The van der Waals surface area contributed by atoms with Crippen LogP contribution >= 0.6 is 11.6 Å². The first kappa shape index (κ1) is 23.7. The molecular weight excluding hydrogens is 487 g/mol. The molecule has 2 aliphatic carbocycles. The zero-order chi connectivity index (χ0) is 25.0. The molecule has 2 aromatic rings. The molecule has 36 heavy (non-hydrogen) atoms. The van der Waals surface area contributed by atoms with E-state index in [0.717, 1.165) is 48.1 Å². The average Bonchev–Trinajstić information content (AvgIpc) is 3.38. The maximum absolute atomic E-state index is 13.5. The Hall–Kier alpha value is -2.72. The highest BCUT2D eigenvalue weighted by Crippen LogP contribution is 2.56. The summed E-state index contributed by atoms with van der Waals surface area (Å²) in [4.78, 5) is 28.9. The van der Waals surface area contributed by atoms with Crippen molar-refractivity contribution < 1.29 is 23.5 Å². The number of nitrogens with one attached hydrogen (secondary N) is 2. The van der Waals surface area contributed by atoms with Crippen LogP contribution in [0.5, 0.6) is 0 Å². The summed E-state index contributed by atoms with van der Waals surface area (Å²) in [6.07, 6.45) is 2.85. The minimum absolute atomic E-state index is 0.0235. The molecule has 8 nitrogen and oxygen atoms in total. The fraction of sp³-hybridized carbons (Fsp3) is 0.462. The Morgan fingerprint density at radius 2 is 2.08 bits per heavy atom. The molecule has 2 aromatic carbocycles. The quantitative estimate of drug-likeness (QED) is 0.587. The van der Waals surface area contributed by atoms with Crippen LogP contribution in [-0.2, 0) is 32.8 Å². The van der Waals surface area contributed by atoms with Gasteiger partial charge in [-0.2, -0.15) is 0 Å². The molecule has 10 heteroatoms. The van der Waals surface area contributed by atoms with Gasteiger partial charge in [-0.1, -0.05) is 23.7 Å². The molecule has 0 radical (unpaired) electrons. The molecule has 3 aliphatic heterocycles. The van der Waals surface area contributed by atoms with Gasteiger partial charge in [0.2, 0.25) is 12.3 Å². The van der Waals surface area contributed by atoms with E-state index in [0.29, 0.717) is 24.0 Å². The molecule has 1 saturated carbocycles. The van der Waals surface area contributed by atoms with Crippen LogP contribution in [0.25, 0.3) is 0 Å². The Balaban J connectivity index is 1.16. The number of amides is 3.